The molecule has 0 amide bonds. The van der Waals surface area contributed by atoms with Gasteiger partial charge >= 0.3 is 17.9 Å². The summed E-state index contributed by atoms with van der Waals surface area (Å²) in [5.41, 5.74) is 0. The zero-order valence-electron chi connectivity index (χ0n) is 42.6. The third-order valence-electron chi connectivity index (χ3n) is 12.8. The zero-order chi connectivity index (χ0) is 45.8. The minimum Gasteiger partial charge on any atom is -0.462 e. The summed E-state index contributed by atoms with van der Waals surface area (Å²) in [5, 5.41) is 0. The standard InChI is InChI=1S/C57H108O6/c1-4-7-10-13-16-19-22-25-27-28-30-32-35-38-41-44-47-50-56(59)62-53-54(52-61-55(58)49-46-43-40-37-34-31-24-21-18-15-12-9-6-3)63-57(60)51-48-45-42-39-36-33-29-26-23-20-17-14-11-8-5-2/h25,27,54H,4-24,26,28-53H2,1-3H3/t54-/m1/s1. The highest BCUT2D eigenvalue weighted by molar-refractivity contribution is 5.71. The summed E-state index contributed by atoms with van der Waals surface area (Å²) in [6.07, 6.45) is 59.1. The first-order valence-corrected chi connectivity index (χ1v) is 28.2. The SMILES string of the molecule is CCCCCCCCC=CCCCCCCCCCC(=O)OC[C@@H](COC(=O)CCCCCCCCCCCCCCC)OC(=O)CCCCCCCCCCCCCCCCC. The molecule has 0 bridgehead atoms. The van der Waals surface area contributed by atoms with Crippen molar-refractivity contribution in [2.45, 2.75) is 322 Å². The second kappa shape index (κ2) is 52.8. The Morgan fingerprint density at radius 1 is 0.302 bits per heavy atom. The lowest BCUT2D eigenvalue weighted by molar-refractivity contribution is -0.167. The van der Waals surface area contributed by atoms with Crippen molar-refractivity contribution in [2.24, 2.45) is 0 Å². The van der Waals surface area contributed by atoms with Gasteiger partial charge in [0.05, 0.1) is 0 Å². The molecule has 0 aliphatic heterocycles. The summed E-state index contributed by atoms with van der Waals surface area (Å²) in [6.45, 7) is 6.68. The van der Waals surface area contributed by atoms with Gasteiger partial charge in [-0.3, -0.25) is 14.4 Å². The molecule has 0 aromatic rings. The van der Waals surface area contributed by atoms with Crippen molar-refractivity contribution in [1.82, 2.24) is 0 Å². The lowest BCUT2D eigenvalue weighted by Gasteiger charge is -2.18. The molecule has 0 saturated carbocycles. The van der Waals surface area contributed by atoms with Gasteiger partial charge < -0.3 is 14.2 Å². The van der Waals surface area contributed by atoms with E-state index in [1.165, 1.54) is 218 Å². The quantitative estimate of drug-likeness (QED) is 0.0262. The summed E-state index contributed by atoms with van der Waals surface area (Å²) < 4.78 is 16.9. The molecule has 0 saturated heterocycles. The van der Waals surface area contributed by atoms with E-state index in [4.69, 9.17) is 14.2 Å². The topological polar surface area (TPSA) is 78.9 Å². The maximum Gasteiger partial charge on any atom is 0.306 e. The number of unbranched alkanes of at least 4 members (excludes halogenated alkanes) is 39. The van der Waals surface area contributed by atoms with Crippen LogP contribution in [0.15, 0.2) is 12.2 Å². The van der Waals surface area contributed by atoms with Gasteiger partial charge in [-0.1, -0.05) is 264 Å². The third-order valence-corrected chi connectivity index (χ3v) is 12.8. The van der Waals surface area contributed by atoms with Gasteiger partial charge in [0.2, 0.25) is 0 Å². The lowest BCUT2D eigenvalue weighted by atomic mass is 10.0. The number of carbonyl (C=O) groups is 3. The zero-order valence-corrected chi connectivity index (χ0v) is 42.6. The van der Waals surface area contributed by atoms with Crippen LogP contribution in [0.5, 0.6) is 0 Å². The summed E-state index contributed by atoms with van der Waals surface area (Å²) in [5.74, 6) is -0.847. The average molecular weight is 889 g/mol. The molecular formula is C57H108O6. The molecule has 0 aliphatic rings. The molecule has 1 atom stereocenters. The highest BCUT2D eigenvalue weighted by atomic mass is 16.6. The van der Waals surface area contributed by atoms with Crippen LogP contribution in [0.4, 0.5) is 0 Å². The van der Waals surface area contributed by atoms with Gasteiger partial charge in [0, 0.05) is 19.3 Å². The molecule has 0 rings (SSSR count). The molecule has 63 heavy (non-hydrogen) atoms. The molecule has 0 radical (unpaired) electrons. The van der Waals surface area contributed by atoms with E-state index >= 15 is 0 Å². The van der Waals surface area contributed by atoms with Gasteiger partial charge in [-0.25, -0.2) is 0 Å². The molecular weight excluding hydrogens is 781 g/mol. The van der Waals surface area contributed by atoms with Crippen LogP contribution < -0.4 is 0 Å². The number of hydrogen-bond acceptors (Lipinski definition) is 6. The van der Waals surface area contributed by atoms with Crippen molar-refractivity contribution in [2.75, 3.05) is 13.2 Å². The Morgan fingerprint density at radius 3 is 0.794 bits per heavy atom. The summed E-state index contributed by atoms with van der Waals surface area (Å²) in [4.78, 5) is 38.1. The van der Waals surface area contributed by atoms with E-state index in [0.29, 0.717) is 19.3 Å². The van der Waals surface area contributed by atoms with E-state index in [1.54, 1.807) is 0 Å². The number of esters is 3. The second-order valence-electron chi connectivity index (χ2n) is 19.2. The summed E-state index contributed by atoms with van der Waals surface area (Å²) in [6, 6.07) is 0. The van der Waals surface area contributed by atoms with E-state index in [0.717, 1.165) is 57.8 Å². The molecule has 372 valence electrons. The maximum absolute atomic E-state index is 12.8. The van der Waals surface area contributed by atoms with Gasteiger partial charge in [0.15, 0.2) is 6.10 Å². The third kappa shape index (κ3) is 51.0. The van der Waals surface area contributed by atoms with Gasteiger partial charge in [-0.15, -0.1) is 0 Å². The summed E-state index contributed by atoms with van der Waals surface area (Å²) >= 11 is 0. The molecule has 0 aromatic carbocycles. The van der Waals surface area contributed by atoms with Crippen LogP contribution in [0.1, 0.15) is 316 Å². The summed E-state index contributed by atoms with van der Waals surface area (Å²) in [7, 11) is 0. The van der Waals surface area contributed by atoms with Crippen molar-refractivity contribution >= 4 is 17.9 Å². The van der Waals surface area contributed by atoms with Crippen LogP contribution >= 0.6 is 0 Å². The van der Waals surface area contributed by atoms with Gasteiger partial charge in [-0.05, 0) is 44.9 Å². The molecule has 0 fully saturated rings. The van der Waals surface area contributed by atoms with Gasteiger partial charge in [0.1, 0.15) is 13.2 Å². The number of ether oxygens (including phenoxy) is 3. The first-order chi connectivity index (χ1) is 31.0. The minimum atomic E-state index is -0.765. The molecule has 0 heterocycles. The fourth-order valence-corrected chi connectivity index (χ4v) is 8.50. The van der Waals surface area contributed by atoms with Crippen molar-refractivity contribution < 1.29 is 28.6 Å². The van der Waals surface area contributed by atoms with E-state index < -0.39 is 6.10 Å². The fourth-order valence-electron chi connectivity index (χ4n) is 8.50. The molecule has 0 N–H and O–H groups in total. The largest absolute Gasteiger partial charge is 0.462 e. The second-order valence-corrected chi connectivity index (χ2v) is 19.2. The van der Waals surface area contributed by atoms with Crippen molar-refractivity contribution in [1.29, 1.82) is 0 Å². The maximum atomic E-state index is 12.8. The highest BCUT2D eigenvalue weighted by Crippen LogP contribution is 2.17. The van der Waals surface area contributed by atoms with Crippen LogP contribution in [0.2, 0.25) is 0 Å². The van der Waals surface area contributed by atoms with Crippen LogP contribution in [0, 0.1) is 0 Å². The molecule has 0 spiro atoms. The first-order valence-electron chi connectivity index (χ1n) is 28.2. The number of rotatable bonds is 52. The van der Waals surface area contributed by atoms with Crippen LogP contribution in [0.3, 0.4) is 0 Å². The monoisotopic (exact) mass is 889 g/mol. The number of hydrogen-bond donors (Lipinski definition) is 0. The fraction of sp³-hybridized carbons (Fsp3) is 0.912. The van der Waals surface area contributed by atoms with Crippen LogP contribution in [-0.4, -0.2) is 37.2 Å². The Morgan fingerprint density at radius 2 is 0.524 bits per heavy atom. The molecule has 6 nitrogen and oxygen atoms in total. The highest BCUT2D eigenvalue weighted by Gasteiger charge is 2.19. The Balaban J connectivity index is 4.31. The van der Waals surface area contributed by atoms with Crippen molar-refractivity contribution in [3.63, 3.8) is 0 Å². The normalized spacial score (nSPS) is 12.0. The van der Waals surface area contributed by atoms with Gasteiger partial charge in [0.25, 0.3) is 0 Å². The Kier molecular flexibility index (Phi) is 51.2. The average Bonchev–Trinajstić information content (AvgIpc) is 3.28. The van der Waals surface area contributed by atoms with Gasteiger partial charge in [-0.2, -0.15) is 0 Å². The Bertz CT molecular complexity index is 978. The molecule has 6 heteroatoms. The number of carbonyl (C=O) groups excluding carboxylic acids is 3. The Hall–Kier alpha value is -1.85. The van der Waals surface area contributed by atoms with Crippen molar-refractivity contribution in [3.05, 3.63) is 12.2 Å². The Labute approximate surface area is 392 Å². The smallest absolute Gasteiger partial charge is 0.306 e. The number of allylic oxidation sites excluding steroid dienone is 2. The van der Waals surface area contributed by atoms with E-state index in [1.807, 2.05) is 0 Å². The van der Waals surface area contributed by atoms with Crippen LogP contribution in [-0.2, 0) is 28.6 Å². The predicted molar refractivity (Wildman–Crippen MR) is 270 cm³/mol. The van der Waals surface area contributed by atoms with E-state index in [-0.39, 0.29) is 31.1 Å². The first kappa shape index (κ1) is 61.1. The van der Waals surface area contributed by atoms with E-state index in [2.05, 4.69) is 32.9 Å². The van der Waals surface area contributed by atoms with E-state index in [9.17, 15) is 14.4 Å². The lowest BCUT2D eigenvalue weighted by Crippen LogP contribution is -2.30. The van der Waals surface area contributed by atoms with Crippen molar-refractivity contribution in [3.8, 4) is 0 Å². The molecule has 0 unspecified atom stereocenters. The van der Waals surface area contributed by atoms with Crippen LogP contribution in [0.25, 0.3) is 0 Å². The minimum absolute atomic E-state index is 0.0654. The molecule has 0 aliphatic carbocycles. The molecule has 0 aromatic heterocycles. The predicted octanol–water partition coefficient (Wildman–Crippen LogP) is 18.5.